The Labute approximate surface area is 253 Å². The number of nitrogens with zero attached hydrogens (tertiary/aromatic N) is 6. The maximum atomic E-state index is 13.6. The first kappa shape index (κ1) is 28.7. The molecule has 4 aromatic rings. The van der Waals surface area contributed by atoms with Crippen molar-refractivity contribution in [1.29, 1.82) is 0 Å². The number of aromatic nitrogens is 4. The topological polar surface area (TPSA) is 100 Å². The summed E-state index contributed by atoms with van der Waals surface area (Å²) in [5.41, 5.74) is 9.13. The van der Waals surface area contributed by atoms with E-state index >= 15 is 0 Å². The fraction of sp³-hybridized carbons (Fsp3) is 0.394. The van der Waals surface area contributed by atoms with Crippen molar-refractivity contribution in [2.24, 2.45) is 7.05 Å². The van der Waals surface area contributed by atoms with E-state index in [-0.39, 0.29) is 5.91 Å². The molecule has 2 N–H and O–H groups in total. The van der Waals surface area contributed by atoms with Gasteiger partial charge in [0, 0.05) is 62.4 Å². The molecule has 1 aliphatic carbocycles. The zero-order valence-electron chi connectivity index (χ0n) is 25.7. The van der Waals surface area contributed by atoms with Gasteiger partial charge in [0.15, 0.2) is 5.69 Å². The van der Waals surface area contributed by atoms with E-state index in [1.807, 2.05) is 19.3 Å². The summed E-state index contributed by atoms with van der Waals surface area (Å²) in [6, 6.07) is 12.4. The lowest BCUT2D eigenvalue weighted by Crippen LogP contribution is -2.44. The summed E-state index contributed by atoms with van der Waals surface area (Å²) in [4.78, 5) is 27.9. The van der Waals surface area contributed by atoms with Crippen molar-refractivity contribution < 1.29 is 9.53 Å². The zero-order valence-corrected chi connectivity index (χ0v) is 25.7. The number of piperazine rings is 1. The number of para-hydroxylation sites is 1. The molecule has 6 rings (SSSR count). The number of hydrogen-bond donors (Lipinski definition) is 2. The SMILES string of the molecule is CCc1cccc(CC)c1NC(=O)c1nn(C)c2c1CCc1cnc(Nc3ccc(N4CCN(C)CC4)cc3OC)nc1-2. The summed E-state index contributed by atoms with van der Waals surface area (Å²) in [7, 11) is 5.71. The van der Waals surface area contributed by atoms with Crippen LogP contribution in [0.25, 0.3) is 11.4 Å². The molecule has 0 bridgehead atoms. The number of anilines is 4. The molecular weight excluding hydrogens is 540 g/mol. The van der Waals surface area contributed by atoms with Crippen LogP contribution in [0.2, 0.25) is 0 Å². The Bertz CT molecular complexity index is 1630. The molecule has 0 unspecified atom stereocenters. The fourth-order valence-electron chi connectivity index (χ4n) is 6.14. The smallest absolute Gasteiger partial charge is 0.276 e. The Morgan fingerprint density at radius 2 is 1.74 bits per heavy atom. The van der Waals surface area contributed by atoms with Crippen LogP contribution in [0.5, 0.6) is 5.75 Å². The molecule has 1 aliphatic heterocycles. The van der Waals surface area contributed by atoms with Gasteiger partial charge in [0.1, 0.15) is 5.75 Å². The van der Waals surface area contributed by atoms with Crippen molar-refractivity contribution in [3.8, 4) is 17.1 Å². The van der Waals surface area contributed by atoms with Crippen molar-refractivity contribution >= 4 is 28.9 Å². The highest BCUT2D eigenvalue weighted by Gasteiger charge is 2.29. The molecule has 10 heteroatoms. The number of methoxy groups -OCH3 is 1. The van der Waals surface area contributed by atoms with E-state index in [0.29, 0.717) is 18.1 Å². The van der Waals surface area contributed by atoms with Gasteiger partial charge in [0.2, 0.25) is 5.95 Å². The van der Waals surface area contributed by atoms with Crippen molar-refractivity contribution in [3.63, 3.8) is 0 Å². The molecule has 3 heterocycles. The van der Waals surface area contributed by atoms with Gasteiger partial charge < -0.3 is 25.2 Å². The first-order valence-electron chi connectivity index (χ1n) is 15.1. The van der Waals surface area contributed by atoms with Crippen LogP contribution >= 0.6 is 0 Å². The summed E-state index contributed by atoms with van der Waals surface area (Å²) in [6.07, 6.45) is 4.99. The van der Waals surface area contributed by atoms with Gasteiger partial charge in [0.25, 0.3) is 5.91 Å². The first-order valence-corrected chi connectivity index (χ1v) is 15.1. The Morgan fingerprint density at radius 1 is 1.00 bits per heavy atom. The van der Waals surface area contributed by atoms with Gasteiger partial charge in [-0.3, -0.25) is 9.48 Å². The normalized spacial score (nSPS) is 14.7. The van der Waals surface area contributed by atoms with E-state index in [4.69, 9.17) is 14.8 Å². The van der Waals surface area contributed by atoms with Crippen LogP contribution < -0.4 is 20.3 Å². The molecule has 224 valence electrons. The molecule has 1 saturated heterocycles. The number of aryl methyl sites for hydroxylation is 4. The molecule has 10 nitrogen and oxygen atoms in total. The van der Waals surface area contributed by atoms with E-state index in [1.165, 1.54) is 0 Å². The minimum Gasteiger partial charge on any atom is -0.494 e. The van der Waals surface area contributed by atoms with Gasteiger partial charge in [-0.15, -0.1) is 0 Å². The summed E-state index contributed by atoms with van der Waals surface area (Å²) in [5.74, 6) is 1.01. The Morgan fingerprint density at radius 3 is 2.44 bits per heavy atom. The molecule has 1 amide bonds. The number of carbonyl (C=O) groups is 1. The van der Waals surface area contributed by atoms with Gasteiger partial charge in [0.05, 0.1) is 24.2 Å². The molecule has 1 fully saturated rings. The average Bonchev–Trinajstić information content (AvgIpc) is 3.38. The monoisotopic (exact) mass is 580 g/mol. The van der Waals surface area contributed by atoms with Crippen molar-refractivity contribution in [2.45, 2.75) is 39.5 Å². The number of fused-ring (bicyclic) bond motifs is 3. The van der Waals surface area contributed by atoms with E-state index in [2.05, 4.69) is 76.6 Å². The molecule has 2 aromatic carbocycles. The van der Waals surface area contributed by atoms with Crippen LogP contribution in [0.1, 0.15) is 46.6 Å². The van der Waals surface area contributed by atoms with Crippen LogP contribution in [-0.4, -0.2) is 70.9 Å². The molecule has 0 atom stereocenters. The lowest BCUT2D eigenvalue weighted by molar-refractivity contribution is 0.102. The third-order valence-corrected chi connectivity index (χ3v) is 8.63. The summed E-state index contributed by atoms with van der Waals surface area (Å²) >= 11 is 0. The number of amides is 1. The second-order valence-corrected chi connectivity index (χ2v) is 11.3. The summed E-state index contributed by atoms with van der Waals surface area (Å²) < 4.78 is 7.53. The van der Waals surface area contributed by atoms with Crippen molar-refractivity contribution in [1.82, 2.24) is 24.6 Å². The number of benzene rings is 2. The highest BCUT2D eigenvalue weighted by atomic mass is 16.5. The quantitative estimate of drug-likeness (QED) is 0.305. The Balaban J connectivity index is 1.27. The van der Waals surface area contributed by atoms with E-state index in [0.717, 1.165) is 102 Å². The highest BCUT2D eigenvalue weighted by molar-refractivity contribution is 6.06. The second-order valence-electron chi connectivity index (χ2n) is 11.3. The predicted octanol–water partition coefficient (Wildman–Crippen LogP) is 4.86. The van der Waals surface area contributed by atoms with Gasteiger partial charge in [-0.2, -0.15) is 5.10 Å². The van der Waals surface area contributed by atoms with E-state index < -0.39 is 0 Å². The molecule has 0 radical (unpaired) electrons. The molecule has 0 spiro atoms. The van der Waals surface area contributed by atoms with Crippen LogP contribution in [0.3, 0.4) is 0 Å². The van der Waals surface area contributed by atoms with Gasteiger partial charge in [-0.05, 0) is 61.6 Å². The number of rotatable bonds is 8. The zero-order chi connectivity index (χ0) is 30.1. The lowest BCUT2D eigenvalue weighted by atomic mass is 9.93. The molecule has 2 aliphatic rings. The third kappa shape index (κ3) is 5.54. The number of carbonyl (C=O) groups excluding carboxylic acids is 1. The van der Waals surface area contributed by atoms with E-state index in [9.17, 15) is 4.79 Å². The predicted molar refractivity (Wildman–Crippen MR) is 171 cm³/mol. The molecular formula is C33H40N8O2. The Kier molecular flexibility index (Phi) is 8.03. The minimum absolute atomic E-state index is 0.187. The maximum absolute atomic E-state index is 13.6. The Hall–Kier alpha value is -4.44. The molecule has 0 saturated carbocycles. The second kappa shape index (κ2) is 12.0. The van der Waals surface area contributed by atoms with Crippen molar-refractivity contribution in [3.05, 3.63) is 70.5 Å². The molecule has 2 aromatic heterocycles. The largest absolute Gasteiger partial charge is 0.494 e. The van der Waals surface area contributed by atoms with Gasteiger partial charge in [-0.1, -0.05) is 32.0 Å². The number of hydrogen-bond acceptors (Lipinski definition) is 8. The maximum Gasteiger partial charge on any atom is 0.276 e. The van der Waals surface area contributed by atoms with E-state index in [1.54, 1.807) is 11.8 Å². The number of ether oxygens (including phenoxy) is 1. The lowest BCUT2D eigenvalue weighted by Gasteiger charge is -2.34. The molecule has 43 heavy (non-hydrogen) atoms. The highest BCUT2D eigenvalue weighted by Crippen LogP contribution is 2.36. The standard InChI is InChI=1S/C33H40N8O2/c1-6-21-9-8-10-22(7-2)28(21)36-32(42)30-25-13-11-23-20-34-33(37-29(23)31(25)40(4)38-30)35-26-14-12-24(19-27(26)43-5)41-17-15-39(3)16-18-41/h8-10,12,14,19-20H,6-7,11,13,15-18H2,1-5H3,(H,36,42)(H,34,35,37). The van der Waals surface area contributed by atoms with Crippen LogP contribution in [0, 0.1) is 0 Å². The summed E-state index contributed by atoms with van der Waals surface area (Å²) in [6.45, 7) is 8.25. The minimum atomic E-state index is -0.187. The van der Waals surface area contributed by atoms with Crippen LogP contribution in [-0.2, 0) is 32.7 Å². The number of likely N-dealkylation sites (N-methyl/N-ethyl adjacent to an activating group) is 1. The number of nitrogens with one attached hydrogen (secondary N) is 2. The first-order chi connectivity index (χ1) is 20.9. The fourth-order valence-corrected chi connectivity index (χ4v) is 6.14. The average molecular weight is 581 g/mol. The van der Waals surface area contributed by atoms with Gasteiger partial charge in [-0.25, -0.2) is 9.97 Å². The van der Waals surface area contributed by atoms with Crippen molar-refractivity contribution in [2.75, 3.05) is 55.9 Å². The third-order valence-electron chi connectivity index (χ3n) is 8.63. The van der Waals surface area contributed by atoms with Crippen LogP contribution in [0.15, 0.2) is 42.6 Å². The van der Waals surface area contributed by atoms with Gasteiger partial charge >= 0.3 is 0 Å². The van der Waals surface area contributed by atoms with Crippen LogP contribution in [0.4, 0.5) is 23.0 Å². The summed E-state index contributed by atoms with van der Waals surface area (Å²) in [5, 5.41) is 11.3.